The van der Waals surface area contributed by atoms with Crippen LogP contribution in [0.1, 0.15) is 30.4 Å². The second kappa shape index (κ2) is 3.67. The molecule has 0 saturated heterocycles. The van der Waals surface area contributed by atoms with E-state index < -0.39 is 11.4 Å². The summed E-state index contributed by atoms with van der Waals surface area (Å²) in [7, 11) is 0. The molecular weight excluding hydrogens is 228 g/mol. The van der Waals surface area contributed by atoms with Gasteiger partial charge in [0, 0.05) is 5.56 Å². The normalized spacial score (nSPS) is 17.9. The van der Waals surface area contributed by atoms with Crippen molar-refractivity contribution < 1.29 is 15.0 Å². The van der Waals surface area contributed by atoms with Crippen molar-refractivity contribution in [2.75, 3.05) is 0 Å². The number of benzene rings is 1. The summed E-state index contributed by atoms with van der Waals surface area (Å²) < 4.78 is 0. The van der Waals surface area contributed by atoms with Crippen LogP contribution in [0.15, 0.2) is 12.1 Å². The van der Waals surface area contributed by atoms with Gasteiger partial charge in [0.05, 0.1) is 10.4 Å². The molecule has 2 rings (SSSR count). The number of aliphatic carboxylic acids is 1. The number of rotatable bonds is 2. The van der Waals surface area contributed by atoms with E-state index in [1.165, 1.54) is 6.07 Å². The van der Waals surface area contributed by atoms with Gasteiger partial charge in [-0.2, -0.15) is 0 Å². The summed E-state index contributed by atoms with van der Waals surface area (Å²) in [5, 5.41) is 19.5. The van der Waals surface area contributed by atoms with Crippen molar-refractivity contribution >= 4 is 17.6 Å². The standard InChI is InChI=1S/C12H13ClO3/c1-7-3-4-8(14)9(10(7)13)12(11(15)16)5-2-6-12/h3-4,14H,2,5-6H2,1H3,(H,15,16). The summed E-state index contributed by atoms with van der Waals surface area (Å²) in [6, 6.07) is 3.20. The molecule has 1 aliphatic rings. The molecule has 0 bridgehead atoms. The first-order valence-corrected chi connectivity index (χ1v) is 5.59. The van der Waals surface area contributed by atoms with E-state index in [2.05, 4.69) is 0 Å². The number of carboxylic acids is 1. The van der Waals surface area contributed by atoms with Crippen molar-refractivity contribution in [1.82, 2.24) is 0 Å². The van der Waals surface area contributed by atoms with Crippen LogP contribution in [0.3, 0.4) is 0 Å². The van der Waals surface area contributed by atoms with Crippen LogP contribution in [0.4, 0.5) is 0 Å². The molecule has 1 aromatic rings. The summed E-state index contributed by atoms with van der Waals surface area (Å²) in [4.78, 5) is 11.3. The number of phenolic OH excluding ortho intramolecular Hbond substituents is 1. The molecule has 1 aromatic carbocycles. The largest absolute Gasteiger partial charge is 0.508 e. The van der Waals surface area contributed by atoms with Crippen LogP contribution in [0.5, 0.6) is 5.75 Å². The van der Waals surface area contributed by atoms with Gasteiger partial charge in [-0.15, -0.1) is 0 Å². The topological polar surface area (TPSA) is 57.5 Å². The third-order valence-electron chi connectivity index (χ3n) is 3.41. The molecule has 0 aromatic heterocycles. The molecule has 0 heterocycles. The molecule has 4 heteroatoms. The van der Waals surface area contributed by atoms with Gasteiger partial charge in [-0.1, -0.05) is 24.1 Å². The summed E-state index contributed by atoms with van der Waals surface area (Å²) in [5.74, 6) is -0.917. The van der Waals surface area contributed by atoms with E-state index in [4.69, 9.17) is 11.6 Å². The number of carboxylic acid groups (broad SMARTS) is 1. The molecule has 0 atom stereocenters. The second-order valence-corrected chi connectivity index (χ2v) is 4.71. The highest BCUT2D eigenvalue weighted by molar-refractivity contribution is 6.32. The average molecular weight is 241 g/mol. The highest BCUT2D eigenvalue weighted by Crippen LogP contribution is 2.50. The van der Waals surface area contributed by atoms with Crippen LogP contribution < -0.4 is 0 Å². The number of halogens is 1. The Morgan fingerprint density at radius 3 is 2.50 bits per heavy atom. The number of aromatic hydroxyl groups is 1. The van der Waals surface area contributed by atoms with E-state index in [0.717, 1.165) is 12.0 Å². The van der Waals surface area contributed by atoms with Gasteiger partial charge < -0.3 is 10.2 Å². The summed E-state index contributed by atoms with van der Waals surface area (Å²) in [6.07, 6.45) is 1.94. The van der Waals surface area contributed by atoms with E-state index in [0.29, 0.717) is 23.4 Å². The van der Waals surface area contributed by atoms with Gasteiger partial charge in [0.1, 0.15) is 5.75 Å². The van der Waals surface area contributed by atoms with Gasteiger partial charge in [-0.25, -0.2) is 0 Å². The van der Waals surface area contributed by atoms with Crippen LogP contribution in [0, 0.1) is 6.92 Å². The second-order valence-electron chi connectivity index (χ2n) is 4.33. The molecule has 0 aliphatic heterocycles. The zero-order valence-corrected chi connectivity index (χ0v) is 9.71. The van der Waals surface area contributed by atoms with Crippen molar-refractivity contribution in [3.8, 4) is 5.75 Å². The zero-order chi connectivity index (χ0) is 11.9. The number of hydrogen-bond donors (Lipinski definition) is 2. The maximum absolute atomic E-state index is 11.3. The van der Waals surface area contributed by atoms with E-state index in [9.17, 15) is 15.0 Å². The first kappa shape index (κ1) is 11.3. The molecule has 0 unspecified atom stereocenters. The lowest BCUT2D eigenvalue weighted by Gasteiger charge is -2.39. The number of phenols is 1. The monoisotopic (exact) mass is 240 g/mol. The van der Waals surface area contributed by atoms with Crippen molar-refractivity contribution in [3.63, 3.8) is 0 Å². The van der Waals surface area contributed by atoms with E-state index in [-0.39, 0.29) is 5.75 Å². The molecule has 3 nitrogen and oxygen atoms in total. The van der Waals surface area contributed by atoms with Crippen LogP contribution in [0.25, 0.3) is 0 Å². The smallest absolute Gasteiger partial charge is 0.314 e. The van der Waals surface area contributed by atoms with Gasteiger partial charge in [0.15, 0.2) is 0 Å². The predicted octanol–water partition coefficient (Wildman–Crippen LogP) is 2.86. The highest BCUT2D eigenvalue weighted by atomic mass is 35.5. The Balaban J connectivity index is 2.63. The Hall–Kier alpha value is -1.22. The number of aryl methyl sites for hydroxylation is 1. The summed E-state index contributed by atoms with van der Waals surface area (Å²) in [5.41, 5.74) is 0.197. The minimum atomic E-state index is -0.979. The molecule has 86 valence electrons. The number of hydrogen-bond acceptors (Lipinski definition) is 2. The van der Waals surface area contributed by atoms with E-state index >= 15 is 0 Å². The van der Waals surface area contributed by atoms with Crippen molar-refractivity contribution in [3.05, 3.63) is 28.3 Å². The van der Waals surface area contributed by atoms with Crippen LogP contribution in [-0.2, 0) is 10.2 Å². The number of carbonyl (C=O) groups is 1. The molecule has 1 aliphatic carbocycles. The SMILES string of the molecule is Cc1ccc(O)c(C2(C(=O)O)CCC2)c1Cl. The highest BCUT2D eigenvalue weighted by Gasteiger charge is 2.49. The quantitative estimate of drug-likeness (QED) is 0.836. The Morgan fingerprint density at radius 2 is 2.06 bits per heavy atom. The summed E-state index contributed by atoms with van der Waals surface area (Å²) in [6.45, 7) is 1.81. The van der Waals surface area contributed by atoms with Crippen molar-refractivity contribution in [2.45, 2.75) is 31.6 Å². The van der Waals surface area contributed by atoms with Gasteiger partial charge in [-0.05, 0) is 31.4 Å². The van der Waals surface area contributed by atoms with Crippen LogP contribution in [-0.4, -0.2) is 16.2 Å². The maximum atomic E-state index is 11.3. The Kier molecular flexibility index (Phi) is 2.58. The molecule has 1 fully saturated rings. The fraction of sp³-hybridized carbons (Fsp3) is 0.417. The van der Waals surface area contributed by atoms with E-state index in [1.54, 1.807) is 13.0 Å². The summed E-state index contributed by atoms with van der Waals surface area (Å²) >= 11 is 6.12. The van der Waals surface area contributed by atoms with Gasteiger partial charge in [0.2, 0.25) is 0 Å². The fourth-order valence-corrected chi connectivity index (χ4v) is 2.57. The van der Waals surface area contributed by atoms with Gasteiger partial charge >= 0.3 is 5.97 Å². The molecule has 0 amide bonds. The molecule has 0 radical (unpaired) electrons. The minimum absolute atomic E-state index is 0.0160. The average Bonchev–Trinajstić information content (AvgIpc) is 2.15. The zero-order valence-electron chi connectivity index (χ0n) is 8.96. The van der Waals surface area contributed by atoms with Crippen LogP contribution >= 0.6 is 11.6 Å². The molecule has 0 spiro atoms. The Morgan fingerprint density at radius 1 is 1.44 bits per heavy atom. The minimum Gasteiger partial charge on any atom is -0.508 e. The third-order valence-corrected chi connectivity index (χ3v) is 3.90. The molecule has 1 saturated carbocycles. The Labute approximate surface area is 98.7 Å². The molecule has 2 N–H and O–H groups in total. The lowest BCUT2D eigenvalue weighted by molar-refractivity contribution is -0.147. The van der Waals surface area contributed by atoms with Crippen molar-refractivity contribution in [2.24, 2.45) is 0 Å². The third kappa shape index (κ3) is 1.39. The van der Waals surface area contributed by atoms with Gasteiger partial charge in [0.25, 0.3) is 0 Å². The van der Waals surface area contributed by atoms with Crippen LogP contribution in [0.2, 0.25) is 5.02 Å². The maximum Gasteiger partial charge on any atom is 0.314 e. The van der Waals surface area contributed by atoms with E-state index in [1.807, 2.05) is 0 Å². The predicted molar refractivity (Wildman–Crippen MR) is 61.0 cm³/mol. The van der Waals surface area contributed by atoms with Crippen molar-refractivity contribution in [1.29, 1.82) is 0 Å². The lowest BCUT2D eigenvalue weighted by Crippen LogP contribution is -2.42. The Bertz CT molecular complexity index is 450. The first-order valence-electron chi connectivity index (χ1n) is 5.21. The lowest BCUT2D eigenvalue weighted by atomic mass is 9.64. The molecular formula is C12H13ClO3. The molecule has 16 heavy (non-hydrogen) atoms. The van der Waals surface area contributed by atoms with Gasteiger partial charge in [-0.3, -0.25) is 4.79 Å². The first-order chi connectivity index (χ1) is 7.49. The fourth-order valence-electron chi connectivity index (χ4n) is 2.23.